The summed E-state index contributed by atoms with van der Waals surface area (Å²) < 4.78 is 5.17. The maximum Gasteiger partial charge on any atom is 0.0873 e. The summed E-state index contributed by atoms with van der Waals surface area (Å²) in [6, 6.07) is 0. The highest BCUT2D eigenvalue weighted by molar-refractivity contribution is 7.99. The molecular weight excluding hydrogens is 192 g/mol. The lowest BCUT2D eigenvalue weighted by atomic mass is 9.76. The minimum atomic E-state index is 0.635. The maximum absolute atomic E-state index is 5.17. The third kappa shape index (κ3) is 3.56. The molecule has 1 aliphatic heterocycles. The molecule has 0 aromatic carbocycles. The van der Waals surface area contributed by atoms with Gasteiger partial charge in [-0.15, -0.1) is 0 Å². The van der Waals surface area contributed by atoms with Gasteiger partial charge in [0.15, 0.2) is 0 Å². The lowest BCUT2D eigenvalue weighted by Gasteiger charge is -2.36. The third-order valence-electron chi connectivity index (χ3n) is 3.39. The van der Waals surface area contributed by atoms with Crippen molar-refractivity contribution in [1.29, 1.82) is 0 Å². The molecule has 0 N–H and O–H groups in total. The number of thioether (sulfide) groups is 1. The van der Waals surface area contributed by atoms with Crippen molar-refractivity contribution in [3.63, 3.8) is 0 Å². The van der Waals surface area contributed by atoms with Gasteiger partial charge < -0.3 is 4.74 Å². The molecule has 1 nitrogen and oxygen atoms in total. The Kier molecular flexibility index (Phi) is 5.46. The number of hydrogen-bond acceptors (Lipinski definition) is 2. The third-order valence-corrected chi connectivity index (χ3v) is 4.38. The fourth-order valence-electron chi connectivity index (χ4n) is 2.20. The van der Waals surface area contributed by atoms with Crippen molar-refractivity contribution in [3.8, 4) is 0 Å². The van der Waals surface area contributed by atoms with E-state index in [1.807, 2.05) is 0 Å². The smallest absolute Gasteiger partial charge is 0.0873 e. The average Bonchev–Trinajstić information content (AvgIpc) is 2.26. The van der Waals surface area contributed by atoms with E-state index in [9.17, 15) is 0 Å². The van der Waals surface area contributed by atoms with Crippen LogP contribution in [0.15, 0.2) is 12.8 Å². The molecule has 1 rings (SSSR count). The average molecular weight is 214 g/mol. The van der Waals surface area contributed by atoms with Gasteiger partial charge in [-0.3, -0.25) is 0 Å². The molecule has 14 heavy (non-hydrogen) atoms. The second kappa shape index (κ2) is 6.39. The van der Waals surface area contributed by atoms with Crippen LogP contribution >= 0.6 is 11.8 Å². The van der Waals surface area contributed by atoms with E-state index in [1.165, 1.54) is 43.6 Å². The molecule has 0 radical (unpaired) electrons. The highest BCUT2D eigenvalue weighted by atomic mass is 32.2. The molecule has 0 spiro atoms. The van der Waals surface area contributed by atoms with Crippen molar-refractivity contribution in [2.75, 3.05) is 18.1 Å². The standard InChI is InChI=1S/C12H22OS/c1-3-12(6-5-9-13-4-2)7-10-14-11-8-12/h4H,2-3,5-11H2,1H3. The van der Waals surface area contributed by atoms with Crippen LogP contribution in [0.3, 0.4) is 0 Å². The van der Waals surface area contributed by atoms with Gasteiger partial charge in [-0.1, -0.05) is 19.9 Å². The summed E-state index contributed by atoms with van der Waals surface area (Å²) in [5.41, 5.74) is 0.635. The van der Waals surface area contributed by atoms with Gasteiger partial charge in [0.1, 0.15) is 0 Å². The normalized spacial score (nSPS) is 20.4. The number of hydrogen-bond donors (Lipinski definition) is 0. The van der Waals surface area contributed by atoms with Gasteiger partial charge in [-0.05, 0) is 42.6 Å². The van der Waals surface area contributed by atoms with E-state index in [2.05, 4.69) is 25.3 Å². The quantitative estimate of drug-likeness (QED) is 0.490. The van der Waals surface area contributed by atoms with Crippen LogP contribution in [0.4, 0.5) is 0 Å². The van der Waals surface area contributed by atoms with Gasteiger partial charge in [0, 0.05) is 0 Å². The molecule has 0 bridgehead atoms. The first kappa shape index (κ1) is 12.0. The molecule has 2 heteroatoms. The lowest BCUT2D eigenvalue weighted by Crippen LogP contribution is -2.25. The van der Waals surface area contributed by atoms with Crippen molar-refractivity contribution in [2.24, 2.45) is 5.41 Å². The Morgan fingerprint density at radius 1 is 1.43 bits per heavy atom. The van der Waals surface area contributed by atoms with E-state index in [-0.39, 0.29) is 0 Å². The molecule has 1 aliphatic rings. The van der Waals surface area contributed by atoms with Crippen LogP contribution in [0, 0.1) is 5.41 Å². The summed E-state index contributed by atoms with van der Waals surface area (Å²) in [7, 11) is 0. The van der Waals surface area contributed by atoms with Crippen LogP contribution in [0.1, 0.15) is 39.0 Å². The van der Waals surface area contributed by atoms with E-state index >= 15 is 0 Å². The molecule has 0 unspecified atom stereocenters. The van der Waals surface area contributed by atoms with Gasteiger partial charge in [0.2, 0.25) is 0 Å². The Labute approximate surface area is 92.3 Å². The van der Waals surface area contributed by atoms with Gasteiger partial charge in [-0.25, -0.2) is 0 Å². The van der Waals surface area contributed by atoms with Crippen LogP contribution < -0.4 is 0 Å². The highest BCUT2D eigenvalue weighted by Gasteiger charge is 2.29. The molecular formula is C12H22OS. The molecule has 1 saturated heterocycles. The Hall–Kier alpha value is -0.110. The first-order chi connectivity index (χ1) is 6.83. The van der Waals surface area contributed by atoms with Gasteiger partial charge in [0.05, 0.1) is 12.9 Å². The fourth-order valence-corrected chi connectivity index (χ4v) is 3.56. The largest absolute Gasteiger partial charge is 0.502 e. The molecule has 82 valence electrons. The summed E-state index contributed by atoms with van der Waals surface area (Å²) in [4.78, 5) is 0. The van der Waals surface area contributed by atoms with Gasteiger partial charge >= 0.3 is 0 Å². The molecule has 0 saturated carbocycles. The van der Waals surface area contributed by atoms with Crippen molar-refractivity contribution in [2.45, 2.75) is 39.0 Å². The molecule has 0 atom stereocenters. The van der Waals surface area contributed by atoms with E-state index in [1.54, 1.807) is 6.26 Å². The maximum atomic E-state index is 5.17. The van der Waals surface area contributed by atoms with Crippen LogP contribution in [0.2, 0.25) is 0 Å². The summed E-state index contributed by atoms with van der Waals surface area (Å²) in [5, 5.41) is 0. The van der Waals surface area contributed by atoms with Crippen molar-refractivity contribution >= 4 is 11.8 Å². The zero-order valence-electron chi connectivity index (χ0n) is 9.26. The van der Waals surface area contributed by atoms with Crippen molar-refractivity contribution in [3.05, 3.63) is 12.8 Å². The Morgan fingerprint density at radius 2 is 2.14 bits per heavy atom. The van der Waals surface area contributed by atoms with Crippen molar-refractivity contribution in [1.82, 2.24) is 0 Å². The van der Waals surface area contributed by atoms with Gasteiger partial charge in [-0.2, -0.15) is 11.8 Å². The summed E-state index contributed by atoms with van der Waals surface area (Å²) in [5.74, 6) is 2.71. The number of rotatable bonds is 6. The van der Waals surface area contributed by atoms with Crippen LogP contribution in [-0.4, -0.2) is 18.1 Å². The second-order valence-corrected chi connectivity index (χ2v) is 5.33. The molecule has 0 aromatic rings. The van der Waals surface area contributed by atoms with Crippen LogP contribution in [-0.2, 0) is 4.74 Å². The van der Waals surface area contributed by atoms with E-state index in [4.69, 9.17) is 4.74 Å². The first-order valence-electron chi connectivity index (χ1n) is 5.63. The Morgan fingerprint density at radius 3 is 2.71 bits per heavy atom. The fraction of sp³-hybridized carbons (Fsp3) is 0.833. The predicted octanol–water partition coefficient (Wildman–Crippen LogP) is 3.85. The lowest BCUT2D eigenvalue weighted by molar-refractivity contribution is 0.179. The Bertz CT molecular complexity index is 162. The summed E-state index contributed by atoms with van der Waals surface area (Å²) in [6.07, 6.45) is 8.21. The van der Waals surface area contributed by atoms with Gasteiger partial charge in [0.25, 0.3) is 0 Å². The van der Waals surface area contributed by atoms with E-state index in [0.29, 0.717) is 5.41 Å². The van der Waals surface area contributed by atoms with Crippen LogP contribution in [0.25, 0.3) is 0 Å². The number of ether oxygens (including phenoxy) is 1. The summed E-state index contributed by atoms with van der Waals surface area (Å²) in [6.45, 7) is 6.74. The SMILES string of the molecule is C=COCCCC1(CC)CCSCC1. The topological polar surface area (TPSA) is 9.23 Å². The monoisotopic (exact) mass is 214 g/mol. The highest BCUT2D eigenvalue weighted by Crippen LogP contribution is 2.41. The zero-order chi connectivity index (χ0) is 10.3. The van der Waals surface area contributed by atoms with Crippen LogP contribution in [0.5, 0.6) is 0 Å². The first-order valence-corrected chi connectivity index (χ1v) is 6.79. The zero-order valence-corrected chi connectivity index (χ0v) is 10.1. The minimum Gasteiger partial charge on any atom is -0.502 e. The molecule has 0 amide bonds. The van der Waals surface area contributed by atoms with E-state index < -0.39 is 0 Å². The summed E-state index contributed by atoms with van der Waals surface area (Å²) >= 11 is 2.11. The minimum absolute atomic E-state index is 0.635. The molecule has 0 aliphatic carbocycles. The van der Waals surface area contributed by atoms with E-state index in [0.717, 1.165) is 6.61 Å². The molecule has 1 heterocycles. The molecule has 0 aromatic heterocycles. The van der Waals surface area contributed by atoms with Crippen molar-refractivity contribution < 1.29 is 4.74 Å². The Balaban J connectivity index is 2.25. The predicted molar refractivity (Wildman–Crippen MR) is 64.7 cm³/mol. The second-order valence-electron chi connectivity index (χ2n) is 4.11. The molecule has 1 fully saturated rings.